The van der Waals surface area contributed by atoms with Crippen molar-refractivity contribution in [2.75, 3.05) is 33.2 Å². The van der Waals surface area contributed by atoms with Gasteiger partial charge in [0.15, 0.2) is 11.9 Å². The smallest absolute Gasteiger partial charge is 0.246 e. The number of benzene rings is 1. The third kappa shape index (κ3) is 4.07. The molecule has 0 N–H and O–H groups in total. The molecule has 1 amide bonds. The van der Waals surface area contributed by atoms with Crippen LogP contribution in [0.4, 0.5) is 0 Å². The molecule has 5 aliphatic heterocycles. The number of carbonyl (C=O) groups is 1. The van der Waals surface area contributed by atoms with Crippen LogP contribution in [-0.2, 0) is 24.0 Å². The highest BCUT2D eigenvalue weighted by Crippen LogP contribution is 2.62. The van der Waals surface area contributed by atoms with E-state index in [1.165, 1.54) is 0 Å². The van der Waals surface area contributed by atoms with E-state index in [1.54, 1.807) is 6.08 Å². The molecule has 1 aromatic rings. The van der Waals surface area contributed by atoms with E-state index in [0.29, 0.717) is 11.8 Å². The highest BCUT2D eigenvalue weighted by Gasteiger charge is 2.72. The topological polar surface area (TPSA) is 69.7 Å². The molecule has 5 heterocycles. The van der Waals surface area contributed by atoms with E-state index in [4.69, 9.17) is 24.0 Å². The van der Waals surface area contributed by atoms with Crippen molar-refractivity contribution < 1.29 is 28.8 Å². The van der Waals surface area contributed by atoms with E-state index >= 15 is 0 Å². The summed E-state index contributed by atoms with van der Waals surface area (Å²) >= 11 is 0. The Balaban J connectivity index is 1.12. The van der Waals surface area contributed by atoms with E-state index in [1.807, 2.05) is 42.2 Å². The van der Waals surface area contributed by atoms with Crippen molar-refractivity contribution in [2.45, 2.75) is 64.0 Å². The molecule has 0 radical (unpaired) electrons. The maximum atomic E-state index is 12.5. The van der Waals surface area contributed by atoms with Crippen LogP contribution in [-0.4, -0.2) is 72.9 Å². The third-order valence-corrected chi connectivity index (χ3v) is 9.14. The maximum absolute atomic E-state index is 12.5. The normalized spacial score (nSPS) is 42.4. The van der Waals surface area contributed by atoms with Gasteiger partial charge in [0.1, 0.15) is 5.75 Å². The van der Waals surface area contributed by atoms with Crippen molar-refractivity contribution in [2.24, 2.45) is 23.7 Å². The quantitative estimate of drug-likeness (QED) is 0.463. The first kappa shape index (κ1) is 24.4. The summed E-state index contributed by atoms with van der Waals surface area (Å²) < 4.78 is 19.1. The fourth-order valence-corrected chi connectivity index (χ4v) is 6.91. The highest BCUT2D eigenvalue weighted by atomic mass is 17.3. The molecule has 1 aromatic carbocycles. The van der Waals surface area contributed by atoms with E-state index in [-0.39, 0.29) is 17.7 Å². The van der Waals surface area contributed by atoms with Crippen molar-refractivity contribution in [3.63, 3.8) is 0 Å². The number of hydrogen-bond acceptors (Lipinski definition) is 7. The summed E-state index contributed by atoms with van der Waals surface area (Å²) in [5.74, 6) is 1.24. The molecule has 1 saturated carbocycles. The predicted octanol–water partition coefficient (Wildman–Crippen LogP) is 3.67. The van der Waals surface area contributed by atoms with Crippen LogP contribution >= 0.6 is 0 Å². The fraction of sp³-hybridized carbons (Fsp3) is 0.679. The zero-order valence-corrected chi connectivity index (χ0v) is 21.7. The zero-order valence-electron chi connectivity index (χ0n) is 21.7. The largest absolute Gasteiger partial charge is 0.465 e. The number of likely N-dealkylation sites (N-methyl/N-ethyl adjacent to an activating group) is 1. The Morgan fingerprint density at radius 3 is 2.56 bits per heavy atom. The summed E-state index contributed by atoms with van der Waals surface area (Å²) in [6.45, 7) is 9.80. The minimum Gasteiger partial charge on any atom is -0.465 e. The molecule has 8 atom stereocenters. The Labute approximate surface area is 213 Å². The van der Waals surface area contributed by atoms with Crippen molar-refractivity contribution in [3.05, 3.63) is 35.9 Å². The summed E-state index contributed by atoms with van der Waals surface area (Å²) in [7, 11) is 2.08. The third-order valence-electron chi connectivity index (χ3n) is 9.14. The van der Waals surface area contributed by atoms with E-state index in [9.17, 15) is 4.79 Å². The number of fused-ring (bicyclic) bond motifs is 1. The van der Waals surface area contributed by atoms with Crippen LogP contribution in [0, 0.1) is 23.7 Å². The van der Waals surface area contributed by atoms with Crippen molar-refractivity contribution >= 4 is 12.0 Å². The average Bonchev–Trinajstić information content (AvgIpc) is 2.87. The summed E-state index contributed by atoms with van der Waals surface area (Å²) in [4.78, 5) is 28.5. The molecule has 6 aliphatic rings. The van der Waals surface area contributed by atoms with Crippen LogP contribution in [0.2, 0.25) is 0 Å². The Bertz CT molecular complexity index is 1010. The van der Waals surface area contributed by atoms with Gasteiger partial charge in [-0.2, -0.15) is 0 Å². The first-order chi connectivity index (χ1) is 17.3. The lowest BCUT2D eigenvalue weighted by atomic mass is 9.56. The lowest BCUT2D eigenvalue weighted by Gasteiger charge is -2.66. The lowest BCUT2D eigenvalue weighted by Crippen LogP contribution is -2.76. The second-order valence-electron chi connectivity index (χ2n) is 11.6. The predicted molar refractivity (Wildman–Crippen MR) is 132 cm³/mol. The number of piperazine rings is 1. The van der Waals surface area contributed by atoms with Gasteiger partial charge in [-0.25, -0.2) is 9.78 Å². The van der Waals surface area contributed by atoms with Crippen LogP contribution in [0.5, 0.6) is 5.75 Å². The lowest BCUT2D eigenvalue weighted by molar-refractivity contribution is -0.614. The molecular weight excluding hydrogens is 460 g/mol. The zero-order chi connectivity index (χ0) is 25.1. The molecule has 1 spiro atoms. The van der Waals surface area contributed by atoms with Gasteiger partial charge in [0, 0.05) is 56.4 Å². The molecule has 5 saturated heterocycles. The molecule has 1 aliphatic carbocycles. The standard InChI is InChI=1S/C28H38N2O6/c1-18-5-11-22-19(2)25(33-26-28(22)23(18)17-27(3,34-26)35-36-28)32-21-9-6-20(7-10-21)8-12-24(31)30-15-13-29(4)14-16-30/h6-10,12,18-19,22-23,25-26H,5,11,13-17H2,1-4H3/b12-8+/t18-,19-,22?,23?,25+,26-,27+,28+/m1/s1. The van der Waals surface area contributed by atoms with Gasteiger partial charge < -0.3 is 24.0 Å². The Kier molecular flexibility index (Phi) is 6.16. The van der Waals surface area contributed by atoms with Crippen LogP contribution in [0.25, 0.3) is 6.08 Å². The van der Waals surface area contributed by atoms with Crippen molar-refractivity contribution in [1.82, 2.24) is 9.80 Å². The van der Waals surface area contributed by atoms with Gasteiger partial charge >= 0.3 is 0 Å². The summed E-state index contributed by atoms with van der Waals surface area (Å²) in [6.07, 6.45) is 5.60. The first-order valence-corrected chi connectivity index (χ1v) is 13.4. The van der Waals surface area contributed by atoms with E-state index in [0.717, 1.165) is 56.8 Å². The molecule has 196 valence electrons. The SMILES string of the molecule is C[C@@H]1CCC2[C@@H](C)[C@@H](Oc3ccc(/C=C/C(=O)N4CCN(C)CC4)cc3)O[C@@H]3O[C@]4(C)CC1[C@@]23OO4. The van der Waals surface area contributed by atoms with E-state index < -0.39 is 24.0 Å². The Morgan fingerprint density at radius 1 is 1.06 bits per heavy atom. The number of ether oxygens (including phenoxy) is 3. The Morgan fingerprint density at radius 2 is 1.81 bits per heavy atom. The van der Waals surface area contributed by atoms with Gasteiger partial charge in [-0.1, -0.05) is 26.0 Å². The number of carbonyl (C=O) groups excluding carboxylic acids is 1. The summed E-state index contributed by atoms with van der Waals surface area (Å²) in [5, 5.41) is 0. The van der Waals surface area contributed by atoms with Gasteiger partial charge in [0.2, 0.25) is 18.0 Å². The first-order valence-electron chi connectivity index (χ1n) is 13.4. The molecule has 8 nitrogen and oxygen atoms in total. The van der Waals surface area contributed by atoms with Crippen LogP contribution in [0.3, 0.4) is 0 Å². The Hall–Kier alpha value is -1.97. The molecular formula is C28H38N2O6. The molecule has 8 heteroatoms. The fourth-order valence-electron chi connectivity index (χ4n) is 6.91. The van der Waals surface area contributed by atoms with Crippen molar-refractivity contribution in [3.8, 4) is 5.75 Å². The van der Waals surface area contributed by atoms with Gasteiger partial charge in [0.05, 0.1) is 0 Å². The maximum Gasteiger partial charge on any atom is 0.246 e. The summed E-state index contributed by atoms with van der Waals surface area (Å²) in [6, 6.07) is 7.79. The van der Waals surface area contributed by atoms with Crippen LogP contribution in [0.1, 0.15) is 45.6 Å². The van der Waals surface area contributed by atoms with Gasteiger partial charge in [-0.15, -0.1) is 0 Å². The number of amides is 1. The van der Waals surface area contributed by atoms with Crippen LogP contribution in [0.15, 0.2) is 30.3 Å². The minimum atomic E-state index is -0.784. The number of hydrogen-bond donors (Lipinski definition) is 0. The second-order valence-corrected chi connectivity index (χ2v) is 11.6. The van der Waals surface area contributed by atoms with Crippen molar-refractivity contribution in [1.29, 1.82) is 0 Å². The van der Waals surface area contributed by atoms with Gasteiger partial charge in [-0.05, 0) is 56.5 Å². The second kappa shape index (κ2) is 9.10. The minimum absolute atomic E-state index is 0.0589. The number of nitrogens with zero attached hydrogens (tertiary/aromatic N) is 2. The molecule has 6 fully saturated rings. The molecule has 2 unspecified atom stereocenters. The van der Waals surface area contributed by atoms with Gasteiger partial charge in [0.25, 0.3) is 0 Å². The molecule has 0 aromatic heterocycles. The van der Waals surface area contributed by atoms with E-state index in [2.05, 4.69) is 25.8 Å². The van der Waals surface area contributed by atoms with Gasteiger partial charge in [-0.3, -0.25) is 4.79 Å². The number of rotatable bonds is 4. The monoisotopic (exact) mass is 498 g/mol. The molecule has 2 bridgehead atoms. The summed E-state index contributed by atoms with van der Waals surface area (Å²) in [5.41, 5.74) is 0.386. The molecule has 36 heavy (non-hydrogen) atoms. The average molecular weight is 499 g/mol. The van der Waals surface area contributed by atoms with Crippen LogP contribution < -0.4 is 4.74 Å². The highest BCUT2D eigenvalue weighted by molar-refractivity contribution is 5.91. The molecule has 7 rings (SSSR count).